The average Bonchev–Trinajstić information content (AvgIpc) is 2.17. The third-order valence-electron chi connectivity index (χ3n) is 2.25. The molecule has 1 aromatic carbocycles. The van der Waals surface area contributed by atoms with Crippen LogP contribution in [0.4, 0.5) is 24.5 Å². The van der Waals surface area contributed by atoms with Crippen LogP contribution in [0.25, 0.3) is 0 Å². The number of hydrogen-bond acceptors (Lipinski definition) is 2. The summed E-state index contributed by atoms with van der Waals surface area (Å²) in [7, 11) is 0. The van der Waals surface area contributed by atoms with Crippen molar-refractivity contribution in [1.82, 2.24) is 0 Å². The molecule has 0 aliphatic rings. The van der Waals surface area contributed by atoms with Crippen molar-refractivity contribution >= 4 is 11.4 Å². The normalized spacial score (nSPS) is 11.5. The molecule has 0 saturated heterocycles. The van der Waals surface area contributed by atoms with Crippen molar-refractivity contribution in [2.24, 2.45) is 0 Å². The Morgan fingerprint density at radius 2 is 2.00 bits per heavy atom. The van der Waals surface area contributed by atoms with E-state index in [0.717, 1.165) is 11.3 Å². The highest BCUT2D eigenvalue weighted by atomic mass is 19.4. The molecule has 1 rings (SSSR count). The van der Waals surface area contributed by atoms with Crippen molar-refractivity contribution in [3.8, 4) is 0 Å². The van der Waals surface area contributed by atoms with Crippen LogP contribution in [0, 0.1) is 6.92 Å². The molecule has 90 valence electrons. The van der Waals surface area contributed by atoms with Gasteiger partial charge in [0.25, 0.3) is 0 Å². The Bertz CT molecular complexity index is 348. The Labute approximate surface area is 92.6 Å². The largest absolute Gasteiger partial charge is 0.398 e. The van der Waals surface area contributed by atoms with E-state index in [4.69, 9.17) is 5.73 Å². The van der Waals surface area contributed by atoms with Crippen LogP contribution in [0.1, 0.15) is 18.4 Å². The molecule has 0 heterocycles. The van der Waals surface area contributed by atoms with Crippen molar-refractivity contribution in [3.63, 3.8) is 0 Å². The SMILES string of the molecule is Cc1ccc(NCCCC(F)(F)F)cc1N. The molecule has 0 fully saturated rings. The molecule has 0 aromatic heterocycles. The van der Waals surface area contributed by atoms with Gasteiger partial charge in [-0.05, 0) is 31.0 Å². The molecule has 0 saturated carbocycles. The molecular weight excluding hydrogens is 217 g/mol. The molecule has 16 heavy (non-hydrogen) atoms. The van der Waals surface area contributed by atoms with Gasteiger partial charge in [0.05, 0.1) is 0 Å². The monoisotopic (exact) mass is 232 g/mol. The molecule has 0 aliphatic heterocycles. The van der Waals surface area contributed by atoms with Crippen LogP contribution < -0.4 is 11.1 Å². The number of nitrogens with one attached hydrogen (secondary N) is 1. The summed E-state index contributed by atoms with van der Waals surface area (Å²) in [4.78, 5) is 0. The third kappa shape index (κ3) is 4.42. The van der Waals surface area contributed by atoms with Crippen LogP contribution in [0.5, 0.6) is 0 Å². The van der Waals surface area contributed by atoms with Gasteiger partial charge in [0.1, 0.15) is 0 Å². The fraction of sp³-hybridized carbons (Fsp3) is 0.455. The lowest BCUT2D eigenvalue weighted by Gasteiger charge is -2.09. The summed E-state index contributed by atoms with van der Waals surface area (Å²) in [6, 6.07) is 5.36. The second-order valence-corrected chi connectivity index (χ2v) is 3.72. The first kappa shape index (κ1) is 12.7. The lowest BCUT2D eigenvalue weighted by molar-refractivity contribution is -0.134. The van der Waals surface area contributed by atoms with Crippen LogP contribution in [0.3, 0.4) is 0 Å². The van der Waals surface area contributed by atoms with Crippen molar-refractivity contribution in [1.29, 1.82) is 0 Å². The van der Waals surface area contributed by atoms with Crippen LogP contribution in [-0.2, 0) is 0 Å². The summed E-state index contributed by atoms with van der Waals surface area (Å²) in [5, 5.41) is 2.91. The molecule has 2 nitrogen and oxygen atoms in total. The van der Waals surface area contributed by atoms with E-state index >= 15 is 0 Å². The van der Waals surface area contributed by atoms with E-state index in [1.807, 2.05) is 13.0 Å². The van der Waals surface area contributed by atoms with Gasteiger partial charge in [-0.2, -0.15) is 13.2 Å². The lowest BCUT2D eigenvalue weighted by Crippen LogP contribution is -2.11. The van der Waals surface area contributed by atoms with Gasteiger partial charge in [0.15, 0.2) is 0 Å². The lowest BCUT2D eigenvalue weighted by atomic mass is 10.2. The number of nitrogens with two attached hydrogens (primary N) is 1. The predicted octanol–water partition coefficient (Wildman–Crippen LogP) is 3.33. The first-order valence-electron chi connectivity index (χ1n) is 5.05. The van der Waals surface area contributed by atoms with Gasteiger partial charge < -0.3 is 11.1 Å². The van der Waals surface area contributed by atoms with E-state index in [1.165, 1.54) is 0 Å². The standard InChI is InChI=1S/C11H15F3N2/c1-8-3-4-9(7-10(8)15)16-6-2-5-11(12,13)14/h3-4,7,16H,2,5-6,15H2,1H3. The minimum absolute atomic E-state index is 0.0667. The maximum atomic E-state index is 11.9. The molecule has 3 N–H and O–H groups in total. The number of rotatable bonds is 4. The number of anilines is 2. The smallest absolute Gasteiger partial charge is 0.389 e. The number of aryl methyl sites for hydroxylation is 1. The van der Waals surface area contributed by atoms with E-state index in [2.05, 4.69) is 5.32 Å². The summed E-state index contributed by atoms with van der Waals surface area (Å²) >= 11 is 0. The molecule has 0 bridgehead atoms. The quantitative estimate of drug-likeness (QED) is 0.617. The average molecular weight is 232 g/mol. The molecule has 5 heteroatoms. The Balaban J connectivity index is 2.35. The highest BCUT2D eigenvalue weighted by Crippen LogP contribution is 2.21. The summed E-state index contributed by atoms with van der Waals surface area (Å²) in [6.07, 6.45) is -4.77. The number of nitrogen functional groups attached to an aromatic ring is 1. The predicted molar refractivity (Wildman–Crippen MR) is 59.4 cm³/mol. The molecule has 0 spiro atoms. The Hall–Kier alpha value is -1.39. The van der Waals surface area contributed by atoms with Crippen molar-refractivity contribution in [3.05, 3.63) is 23.8 Å². The summed E-state index contributed by atoms with van der Waals surface area (Å²) < 4.78 is 35.6. The molecule has 0 unspecified atom stereocenters. The Morgan fingerprint density at radius 1 is 1.31 bits per heavy atom. The maximum absolute atomic E-state index is 11.9. The summed E-state index contributed by atoms with van der Waals surface area (Å²) in [5.41, 5.74) is 8.03. The van der Waals surface area contributed by atoms with Gasteiger partial charge in [-0.25, -0.2) is 0 Å². The van der Waals surface area contributed by atoms with Crippen molar-refractivity contribution in [2.75, 3.05) is 17.6 Å². The van der Waals surface area contributed by atoms with Crippen LogP contribution >= 0.6 is 0 Å². The van der Waals surface area contributed by atoms with Crippen LogP contribution in [0.15, 0.2) is 18.2 Å². The van der Waals surface area contributed by atoms with Gasteiger partial charge in [0, 0.05) is 24.3 Å². The zero-order valence-corrected chi connectivity index (χ0v) is 9.06. The summed E-state index contributed by atoms with van der Waals surface area (Å²) in [6.45, 7) is 2.17. The molecule has 0 amide bonds. The second kappa shape index (κ2) is 5.09. The highest BCUT2D eigenvalue weighted by molar-refractivity contribution is 5.58. The first-order valence-corrected chi connectivity index (χ1v) is 5.05. The fourth-order valence-corrected chi connectivity index (χ4v) is 1.27. The number of alkyl halides is 3. The minimum atomic E-state index is -4.08. The van der Waals surface area contributed by atoms with Crippen LogP contribution in [-0.4, -0.2) is 12.7 Å². The van der Waals surface area contributed by atoms with E-state index in [0.29, 0.717) is 12.2 Å². The molecular formula is C11H15F3N2. The second-order valence-electron chi connectivity index (χ2n) is 3.72. The van der Waals surface area contributed by atoms with Gasteiger partial charge in [0.2, 0.25) is 0 Å². The zero-order valence-electron chi connectivity index (χ0n) is 9.06. The number of benzene rings is 1. The van der Waals surface area contributed by atoms with Gasteiger partial charge >= 0.3 is 6.18 Å². The Kier molecular flexibility index (Phi) is 4.04. The van der Waals surface area contributed by atoms with E-state index in [1.54, 1.807) is 12.1 Å². The zero-order chi connectivity index (χ0) is 12.2. The molecule has 0 atom stereocenters. The molecule has 0 aliphatic carbocycles. The molecule has 0 radical (unpaired) electrons. The number of hydrogen-bond donors (Lipinski definition) is 2. The topological polar surface area (TPSA) is 38.0 Å². The highest BCUT2D eigenvalue weighted by Gasteiger charge is 2.25. The van der Waals surface area contributed by atoms with E-state index in [9.17, 15) is 13.2 Å². The minimum Gasteiger partial charge on any atom is -0.398 e. The molecule has 1 aromatic rings. The maximum Gasteiger partial charge on any atom is 0.389 e. The van der Waals surface area contributed by atoms with Crippen molar-refractivity contribution in [2.45, 2.75) is 25.9 Å². The van der Waals surface area contributed by atoms with Crippen molar-refractivity contribution < 1.29 is 13.2 Å². The van der Waals surface area contributed by atoms with E-state index < -0.39 is 12.6 Å². The van der Waals surface area contributed by atoms with Gasteiger partial charge in [-0.3, -0.25) is 0 Å². The van der Waals surface area contributed by atoms with E-state index in [-0.39, 0.29) is 6.42 Å². The number of halogens is 3. The summed E-state index contributed by atoms with van der Waals surface area (Å²) in [5.74, 6) is 0. The first-order chi connectivity index (χ1) is 7.38. The van der Waals surface area contributed by atoms with Gasteiger partial charge in [-0.1, -0.05) is 6.07 Å². The van der Waals surface area contributed by atoms with Gasteiger partial charge in [-0.15, -0.1) is 0 Å². The third-order valence-corrected chi connectivity index (χ3v) is 2.25. The van der Waals surface area contributed by atoms with Crippen LogP contribution in [0.2, 0.25) is 0 Å². The Morgan fingerprint density at radius 3 is 2.56 bits per heavy atom. The fourth-order valence-electron chi connectivity index (χ4n) is 1.27.